The number of alkyl halides is 3. The molecule has 31 heavy (non-hydrogen) atoms. The maximum absolute atomic E-state index is 13.3. The third-order valence-electron chi connectivity index (χ3n) is 5.36. The number of fused-ring (bicyclic) bond motifs is 1. The Balaban J connectivity index is 1.68. The molecule has 6 nitrogen and oxygen atoms in total. The number of methoxy groups -OCH3 is 1. The Morgan fingerprint density at radius 1 is 1.06 bits per heavy atom. The summed E-state index contributed by atoms with van der Waals surface area (Å²) in [4.78, 5) is 15.0. The van der Waals surface area contributed by atoms with E-state index in [0.29, 0.717) is 36.1 Å². The average Bonchev–Trinajstić information content (AvgIpc) is 2.78. The lowest BCUT2D eigenvalue weighted by Gasteiger charge is -2.31. The van der Waals surface area contributed by atoms with Crippen molar-refractivity contribution in [2.24, 2.45) is 0 Å². The summed E-state index contributed by atoms with van der Waals surface area (Å²) in [5.41, 5.74) is 0.0764. The second-order valence-corrected chi connectivity index (χ2v) is 7.43. The quantitative estimate of drug-likeness (QED) is 0.751. The first kappa shape index (κ1) is 21.1. The Bertz CT molecular complexity index is 955. The molecule has 2 aromatic carbocycles. The molecular formula is C22H23F3N2O4. The van der Waals surface area contributed by atoms with Crippen molar-refractivity contribution in [3.63, 3.8) is 0 Å². The minimum absolute atomic E-state index is 0.121. The van der Waals surface area contributed by atoms with Crippen LogP contribution in [0, 0.1) is 0 Å². The zero-order valence-electron chi connectivity index (χ0n) is 17.1. The number of halogens is 3. The second-order valence-electron chi connectivity index (χ2n) is 7.43. The minimum atomic E-state index is -4.51. The topological polar surface area (TPSA) is 60.0 Å². The minimum Gasteiger partial charge on any atom is -0.493 e. The number of carbonyl (C=O) groups excluding carboxylic acids is 1. The van der Waals surface area contributed by atoms with Gasteiger partial charge in [-0.25, -0.2) is 0 Å². The molecule has 2 aromatic rings. The van der Waals surface area contributed by atoms with Crippen LogP contribution in [-0.4, -0.2) is 39.3 Å². The third-order valence-corrected chi connectivity index (χ3v) is 5.36. The molecule has 0 atom stereocenters. The van der Waals surface area contributed by atoms with Gasteiger partial charge in [0.15, 0.2) is 11.5 Å². The van der Waals surface area contributed by atoms with Crippen LogP contribution in [0.5, 0.6) is 17.2 Å². The molecule has 1 fully saturated rings. The van der Waals surface area contributed by atoms with Crippen molar-refractivity contribution >= 4 is 17.3 Å². The smallest absolute Gasteiger partial charge is 0.416 e. The number of nitrogens with one attached hydrogen (secondary N) is 1. The predicted molar refractivity (Wildman–Crippen MR) is 109 cm³/mol. The standard InChI is InChI=1S/C22H23F3N2O4/c1-29-18-11-14(12-19-20(18)31-10-9-30-19)21(28)26-16-13-15(22(23,24)25)5-6-17(16)27-7-3-2-4-8-27/h5-6,11-13H,2-4,7-10H2,1H3,(H,26,28). The fraction of sp³-hybridized carbons (Fsp3) is 0.409. The largest absolute Gasteiger partial charge is 0.493 e. The average molecular weight is 436 g/mol. The highest BCUT2D eigenvalue weighted by molar-refractivity contribution is 6.06. The summed E-state index contributed by atoms with van der Waals surface area (Å²) in [7, 11) is 1.44. The molecule has 1 saturated heterocycles. The first-order valence-electron chi connectivity index (χ1n) is 10.1. The van der Waals surface area contributed by atoms with Gasteiger partial charge in [0.05, 0.1) is 24.0 Å². The number of amides is 1. The van der Waals surface area contributed by atoms with Crippen molar-refractivity contribution in [3.8, 4) is 17.2 Å². The molecule has 2 heterocycles. The summed E-state index contributed by atoms with van der Waals surface area (Å²) in [6, 6.07) is 6.44. The Morgan fingerprint density at radius 2 is 1.81 bits per heavy atom. The van der Waals surface area contributed by atoms with Crippen molar-refractivity contribution in [1.29, 1.82) is 0 Å². The van der Waals surface area contributed by atoms with Gasteiger partial charge in [0, 0.05) is 18.7 Å². The van der Waals surface area contributed by atoms with Gasteiger partial charge in [-0.1, -0.05) is 0 Å². The van der Waals surface area contributed by atoms with E-state index < -0.39 is 17.6 Å². The highest BCUT2D eigenvalue weighted by Gasteiger charge is 2.32. The zero-order chi connectivity index (χ0) is 22.0. The van der Waals surface area contributed by atoms with Gasteiger partial charge in [-0.05, 0) is 49.6 Å². The number of benzene rings is 2. The zero-order valence-corrected chi connectivity index (χ0v) is 17.1. The molecule has 0 saturated carbocycles. The lowest BCUT2D eigenvalue weighted by Crippen LogP contribution is -2.30. The van der Waals surface area contributed by atoms with Crippen LogP contribution >= 0.6 is 0 Å². The van der Waals surface area contributed by atoms with Gasteiger partial charge in [-0.3, -0.25) is 4.79 Å². The summed E-state index contributed by atoms with van der Waals surface area (Å²) >= 11 is 0. The molecule has 0 radical (unpaired) electrons. The van der Waals surface area contributed by atoms with Crippen molar-refractivity contribution < 1.29 is 32.2 Å². The van der Waals surface area contributed by atoms with Crippen LogP contribution in [0.2, 0.25) is 0 Å². The monoisotopic (exact) mass is 436 g/mol. The van der Waals surface area contributed by atoms with Crippen molar-refractivity contribution in [1.82, 2.24) is 0 Å². The Labute approximate surface area is 177 Å². The van der Waals surface area contributed by atoms with Gasteiger partial charge >= 0.3 is 6.18 Å². The van der Waals surface area contributed by atoms with Gasteiger partial charge in [0.2, 0.25) is 5.75 Å². The number of nitrogens with zero attached hydrogens (tertiary/aromatic N) is 1. The second kappa shape index (κ2) is 8.56. The molecule has 4 rings (SSSR count). The van der Waals surface area contributed by atoms with E-state index in [4.69, 9.17) is 14.2 Å². The first-order valence-corrected chi connectivity index (χ1v) is 10.1. The molecule has 2 aliphatic heterocycles. The Kier molecular flexibility index (Phi) is 5.84. The van der Waals surface area contributed by atoms with E-state index in [1.165, 1.54) is 25.3 Å². The molecule has 1 N–H and O–H groups in total. The SMILES string of the molecule is COc1cc(C(=O)Nc2cc(C(F)(F)F)ccc2N2CCCCC2)cc2c1OCCO2. The van der Waals surface area contributed by atoms with Crippen LogP contribution in [0.3, 0.4) is 0 Å². The van der Waals surface area contributed by atoms with Crippen LogP contribution < -0.4 is 24.4 Å². The summed E-state index contributed by atoms with van der Waals surface area (Å²) in [6.45, 7) is 2.14. The fourth-order valence-electron chi connectivity index (χ4n) is 3.82. The van der Waals surface area contributed by atoms with Gasteiger partial charge in [0.25, 0.3) is 5.91 Å². The highest BCUT2D eigenvalue weighted by atomic mass is 19.4. The van der Waals surface area contributed by atoms with E-state index in [9.17, 15) is 18.0 Å². The summed E-state index contributed by atoms with van der Waals surface area (Å²) in [5.74, 6) is 0.518. The number of hydrogen-bond acceptors (Lipinski definition) is 5. The molecule has 0 unspecified atom stereocenters. The van der Waals surface area contributed by atoms with Gasteiger partial charge in [-0.15, -0.1) is 0 Å². The van der Waals surface area contributed by atoms with Crippen LogP contribution in [0.25, 0.3) is 0 Å². The van der Waals surface area contributed by atoms with Crippen molar-refractivity contribution in [2.75, 3.05) is 43.6 Å². The van der Waals surface area contributed by atoms with E-state index in [1.807, 2.05) is 4.90 Å². The lowest BCUT2D eigenvalue weighted by molar-refractivity contribution is -0.137. The van der Waals surface area contributed by atoms with E-state index in [0.717, 1.165) is 44.5 Å². The van der Waals surface area contributed by atoms with Crippen LogP contribution in [-0.2, 0) is 6.18 Å². The Hall–Kier alpha value is -3.10. The van der Waals surface area contributed by atoms with Gasteiger partial charge in [-0.2, -0.15) is 13.2 Å². The van der Waals surface area contributed by atoms with Crippen LogP contribution in [0.4, 0.5) is 24.5 Å². The van der Waals surface area contributed by atoms with Crippen molar-refractivity contribution in [3.05, 3.63) is 41.5 Å². The lowest BCUT2D eigenvalue weighted by atomic mass is 10.1. The predicted octanol–water partition coefficient (Wildman–Crippen LogP) is 4.73. The molecule has 2 aliphatic rings. The van der Waals surface area contributed by atoms with Crippen molar-refractivity contribution in [2.45, 2.75) is 25.4 Å². The van der Waals surface area contributed by atoms with E-state index >= 15 is 0 Å². The molecule has 0 aromatic heterocycles. The molecule has 1 amide bonds. The summed E-state index contributed by atoms with van der Waals surface area (Å²) < 4.78 is 56.3. The normalized spacial score (nSPS) is 16.1. The number of anilines is 2. The summed E-state index contributed by atoms with van der Waals surface area (Å²) in [5, 5.41) is 2.66. The first-order chi connectivity index (χ1) is 14.9. The molecule has 0 bridgehead atoms. The number of rotatable bonds is 4. The van der Waals surface area contributed by atoms with Crippen LogP contribution in [0.1, 0.15) is 35.2 Å². The van der Waals surface area contributed by atoms with E-state index in [-0.39, 0.29) is 11.3 Å². The maximum atomic E-state index is 13.3. The number of ether oxygens (including phenoxy) is 3. The molecule has 0 aliphatic carbocycles. The number of hydrogen-bond donors (Lipinski definition) is 1. The summed E-state index contributed by atoms with van der Waals surface area (Å²) in [6.07, 6.45) is -1.53. The Morgan fingerprint density at radius 3 is 2.52 bits per heavy atom. The highest BCUT2D eigenvalue weighted by Crippen LogP contribution is 2.41. The van der Waals surface area contributed by atoms with Gasteiger partial charge < -0.3 is 24.4 Å². The van der Waals surface area contributed by atoms with E-state index in [1.54, 1.807) is 0 Å². The fourth-order valence-corrected chi connectivity index (χ4v) is 3.82. The molecule has 9 heteroatoms. The van der Waals surface area contributed by atoms with Crippen LogP contribution in [0.15, 0.2) is 30.3 Å². The maximum Gasteiger partial charge on any atom is 0.416 e. The molecular weight excluding hydrogens is 413 g/mol. The third kappa shape index (κ3) is 4.50. The molecule has 166 valence electrons. The molecule has 0 spiro atoms. The number of piperidine rings is 1. The van der Waals surface area contributed by atoms with E-state index in [2.05, 4.69) is 5.32 Å². The van der Waals surface area contributed by atoms with Gasteiger partial charge in [0.1, 0.15) is 13.2 Å². The number of carbonyl (C=O) groups is 1.